The maximum Gasteiger partial charge on any atom is 0.243 e. The van der Waals surface area contributed by atoms with Crippen molar-refractivity contribution in [3.63, 3.8) is 0 Å². The number of nitrogens with zero attached hydrogens (tertiary/aromatic N) is 3. The van der Waals surface area contributed by atoms with Crippen LogP contribution in [0.3, 0.4) is 0 Å². The zero-order valence-corrected chi connectivity index (χ0v) is 12.4. The van der Waals surface area contributed by atoms with Crippen molar-refractivity contribution in [3.8, 4) is 0 Å². The number of aromatic nitrogens is 3. The smallest absolute Gasteiger partial charge is 0.243 e. The van der Waals surface area contributed by atoms with Gasteiger partial charge in [-0.2, -0.15) is 0 Å². The molecule has 0 atom stereocenters. The zero-order chi connectivity index (χ0) is 14.7. The normalized spacial score (nSPS) is 25.9. The highest BCUT2D eigenvalue weighted by Crippen LogP contribution is 2.33. The Hall–Kier alpha value is -1.75. The first kappa shape index (κ1) is 14.2. The van der Waals surface area contributed by atoms with Crippen molar-refractivity contribution in [1.29, 1.82) is 0 Å². The van der Waals surface area contributed by atoms with Gasteiger partial charge in [0.15, 0.2) is 0 Å². The highest BCUT2D eigenvalue weighted by molar-refractivity contribution is 5.74. The van der Waals surface area contributed by atoms with Gasteiger partial charge in [0, 0.05) is 6.54 Å². The first-order valence-electron chi connectivity index (χ1n) is 7.74. The number of para-hydroxylation sites is 1. The minimum atomic E-state index is -0.638. The zero-order valence-electron chi connectivity index (χ0n) is 12.4. The Labute approximate surface area is 124 Å². The molecule has 1 aliphatic carbocycles. The van der Waals surface area contributed by atoms with Crippen LogP contribution >= 0.6 is 0 Å². The monoisotopic (exact) mass is 286 g/mol. The lowest BCUT2D eigenvalue weighted by Crippen LogP contribution is -2.40. The molecule has 2 aromatic rings. The third-order valence-electron chi connectivity index (χ3n) is 4.55. The number of hydrogen-bond acceptors (Lipinski definition) is 5. The van der Waals surface area contributed by atoms with Crippen LogP contribution in [0.4, 0.5) is 5.95 Å². The van der Waals surface area contributed by atoms with Gasteiger partial charge in [-0.05, 0) is 43.7 Å². The van der Waals surface area contributed by atoms with Crippen LogP contribution in [0.15, 0.2) is 24.3 Å². The quantitative estimate of drug-likeness (QED) is 0.904. The Bertz CT molecular complexity index is 608. The van der Waals surface area contributed by atoms with Crippen LogP contribution in [0, 0.1) is 5.92 Å². The number of aliphatic hydroxyl groups is 1. The van der Waals surface area contributed by atoms with Gasteiger partial charge in [-0.3, -0.25) is 0 Å². The molecule has 0 radical (unpaired) electrons. The Morgan fingerprint density at radius 3 is 2.62 bits per heavy atom. The SMILES string of the molecule is CCC1CCC(O)(CNc2nnc3ccccc3n2)CC1. The summed E-state index contributed by atoms with van der Waals surface area (Å²) in [5.74, 6) is 1.25. The fourth-order valence-electron chi connectivity index (χ4n) is 3.00. The summed E-state index contributed by atoms with van der Waals surface area (Å²) in [6.45, 7) is 2.71. The van der Waals surface area contributed by atoms with Crippen LogP contribution in [0.2, 0.25) is 0 Å². The molecule has 1 aromatic carbocycles. The third kappa shape index (κ3) is 3.29. The predicted molar refractivity (Wildman–Crippen MR) is 83.0 cm³/mol. The van der Waals surface area contributed by atoms with E-state index in [4.69, 9.17) is 0 Å². The summed E-state index contributed by atoms with van der Waals surface area (Å²) in [5, 5.41) is 22.0. The standard InChI is InChI=1S/C16H22N4O/c1-2-12-7-9-16(21,10-8-12)11-17-15-18-13-5-3-4-6-14(13)19-20-15/h3-6,12,21H,2,7-11H2,1H3,(H,17,18,20). The van der Waals surface area contributed by atoms with Crippen LogP contribution in [0.25, 0.3) is 11.0 Å². The molecular weight excluding hydrogens is 264 g/mol. The van der Waals surface area contributed by atoms with Crippen LogP contribution in [-0.4, -0.2) is 32.4 Å². The molecule has 0 spiro atoms. The lowest BCUT2D eigenvalue weighted by atomic mass is 9.78. The fourth-order valence-corrected chi connectivity index (χ4v) is 3.00. The van der Waals surface area contributed by atoms with E-state index in [1.54, 1.807) is 0 Å². The molecule has 0 unspecified atom stereocenters. The van der Waals surface area contributed by atoms with Crippen molar-refractivity contribution < 1.29 is 5.11 Å². The third-order valence-corrected chi connectivity index (χ3v) is 4.55. The van der Waals surface area contributed by atoms with Crippen molar-refractivity contribution in [2.75, 3.05) is 11.9 Å². The first-order valence-corrected chi connectivity index (χ1v) is 7.74. The summed E-state index contributed by atoms with van der Waals surface area (Å²) < 4.78 is 0. The number of anilines is 1. The molecule has 1 saturated carbocycles. The van der Waals surface area contributed by atoms with Crippen LogP contribution < -0.4 is 5.32 Å². The van der Waals surface area contributed by atoms with Crippen LogP contribution in [-0.2, 0) is 0 Å². The molecule has 1 aromatic heterocycles. The van der Waals surface area contributed by atoms with E-state index in [9.17, 15) is 5.11 Å². The lowest BCUT2D eigenvalue weighted by molar-refractivity contribution is 0.00215. The Morgan fingerprint density at radius 2 is 1.90 bits per heavy atom. The van der Waals surface area contributed by atoms with E-state index < -0.39 is 5.60 Å². The van der Waals surface area contributed by atoms with Crippen LogP contribution in [0.1, 0.15) is 39.0 Å². The van der Waals surface area contributed by atoms with E-state index in [1.165, 1.54) is 6.42 Å². The summed E-state index contributed by atoms with van der Waals surface area (Å²) >= 11 is 0. The minimum Gasteiger partial charge on any atom is -0.388 e. The average molecular weight is 286 g/mol. The molecular formula is C16H22N4O. The molecule has 1 heterocycles. The molecule has 1 aliphatic rings. The Balaban J connectivity index is 1.63. The van der Waals surface area contributed by atoms with E-state index in [0.717, 1.165) is 42.6 Å². The van der Waals surface area contributed by atoms with Gasteiger partial charge in [-0.1, -0.05) is 25.5 Å². The summed E-state index contributed by atoms with van der Waals surface area (Å²) in [6.07, 6.45) is 5.11. The highest BCUT2D eigenvalue weighted by atomic mass is 16.3. The molecule has 112 valence electrons. The van der Waals surface area contributed by atoms with Gasteiger partial charge < -0.3 is 10.4 Å². The maximum absolute atomic E-state index is 10.6. The molecule has 5 nitrogen and oxygen atoms in total. The molecule has 0 amide bonds. The van der Waals surface area contributed by atoms with Gasteiger partial charge in [-0.15, -0.1) is 10.2 Å². The summed E-state index contributed by atoms with van der Waals surface area (Å²) in [5.41, 5.74) is 0.961. The van der Waals surface area contributed by atoms with Gasteiger partial charge in [0.2, 0.25) is 5.95 Å². The second kappa shape index (κ2) is 5.93. The van der Waals surface area contributed by atoms with Crippen molar-refractivity contribution in [2.45, 2.75) is 44.6 Å². The minimum absolute atomic E-state index is 0.486. The molecule has 5 heteroatoms. The van der Waals surface area contributed by atoms with E-state index >= 15 is 0 Å². The predicted octanol–water partition coefficient (Wildman–Crippen LogP) is 2.77. The van der Waals surface area contributed by atoms with Gasteiger partial charge in [0.25, 0.3) is 0 Å². The summed E-state index contributed by atoms with van der Waals surface area (Å²) in [6, 6.07) is 7.65. The van der Waals surface area contributed by atoms with Crippen LogP contribution in [0.5, 0.6) is 0 Å². The highest BCUT2D eigenvalue weighted by Gasteiger charge is 2.32. The number of benzene rings is 1. The van der Waals surface area contributed by atoms with Gasteiger partial charge in [0.05, 0.1) is 11.1 Å². The maximum atomic E-state index is 10.6. The second-order valence-electron chi connectivity index (χ2n) is 6.05. The molecule has 2 N–H and O–H groups in total. The number of hydrogen-bond donors (Lipinski definition) is 2. The summed E-state index contributed by atoms with van der Waals surface area (Å²) in [4.78, 5) is 4.43. The topological polar surface area (TPSA) is 70.9 Å². The lowest BCUT2D eigenvalue weighted by Gasteiger charge is -2.35. The number of nitrogens with one attached hydrogen (secondary N) is 1. The Morgan fingerprint density at radius 1 is 1.19 bits per heavy atom. The second-order valence-corrected chi connectivity index (χ2v) is 6.05. The van der Waals surface area contributed by atoms with E-state index in [2.05, 4.69) is 27.4 Å². The van der Waals surface area contributed by atoms with Gasteiger partial charge >= 0.3 is 0 Å². The molecule has 1 fully saturated rings. The largest absolute Gasteiger partial charge is 0.388 e. The average Bonchev–Trinajstić information content (AvgIpc) is 2.54. The Kier molecular flexibility index (Phi) is 4.01. The van der Waals surface area contributed by atoms with E-state index in [0.29, 0.717) is 12.5 Å². The van der Waals surface area contributed by atoms with Gasteiger partial charge in [-0.25, -0.2) is 4.98 Å². The molecule has 0 bridgehead atoms. The fraction of sp³-hybridized carbons (Fsp3) is 0.562. The first-order chi connectivity index (χ1) is 10.2. The van der Waals surface area contributed by atoms with Crippen molar-refractivity contribution >= 4 is 17.0 Å². The van der Waals surface area contributed by atoms with Gasteiger partial charge in [0.1, 0.15) is 5.52 Å². The molecule has 0 aliphatic heterocycles. The molecule has 21 heavy (non-hydrogen) atoms. The number of fused-ring (bicyclic) bond motifs is 1. The molecule has 3 rings (SSSR count). The van der Waals surface area contributed by atoms with Crippen molar-refractivity contribution in [2.24, 2.45) is 5.92 Å². The summed E-state index contributed by atoms with van der Waals surface area (Å²) in [7, 11) is 0. The van der Waals surface area contributed by atoms with E-state index in [1.807, 2.05) is 24.3 Å². The van der Waals surface area contributed by atoms with Crippen molar-refractivity contribution in [1.82, 2.24) is 15.2 Å². The van der Waals surface area contributed by atoms with E-state index in [-0.39, 0.29) is 0 Å². The van der Waals surface area contributed by atoms with Crippen molar-refractivity contribution in [3.05, 3.63) is 24.3 Å². The number of rotatable bonds is 4. The molecule has 0 saturated heterocycles.